The highest BCUT2D eigenvalue weighted by molar-refractivity contribution is 7.99. The van der Waals surface area contributed by atoms with E-state index in [1.807, 2.05) is 6.07 Å². The van der Waals surface area contributed by atoms with E-state index >= 15 is 0 Å². The molecule has 0 unspecified atom stereocenters. The van der Waals surface area contributed by atoms with E-state index < -0.39 is 0 Å². The molecule has 2 heterocycles. The summed E-state index contributed by atoms with van der Waals surface area (Å²) < 4.78 is 0. The molecule has 0 amide bonds. The van der Waals surface area contributed by atoms with Gasteiger partial charge in [-0.25, -0.2) is 15.0 Å². The van der Waals surface area contributed by atoms with Gasteiger partial charge in [0.2, 0.25) is 0 Å². The lowest BCUT2D eigenvalue weighted by Crippen LogP contribution is -1.77. The Morgan fingerprint density at radius 2 is 2.24 bits per heavy atom. The van der Waals surface area contributed by atoms with Crippen LogP contribution in [0.5, 0.6) is 0 Å². The maximum absolute atomic E-state index is 4.39. The Kier molecular flexibility index (Phi) is 2.53. The van der Waals surface area contributed by atoms with E-state index in [0.717, 1.165) is 15.6 Å². The van der Waals surface area contributed by atoms with Gasteiger partial charge in [-0.15, -0.1) is 0 Å². The summed E-state index contributed by atoms with van der Waals surface area (Å²) in [6, 6.07) is 8.31. The molecule has 17 heavy (non-hydrogen) atoms. The van der Waals surface area contributed by atoms with Gasteiger partial charge in [0.15, 0.2) is 10.8 Å². The molecule has 0 aliphatic rings. The largest absolute Gasteiger partial charge is 0.330 e. The number of fused-ring (bicyclic) bond motifs is 1. The second kappa shape index (κ2) is 4.18. The van der Waals surface area contributed by atoms with Crippen molar-refractivity contribution in [1.82, 2.24) is 19.9 Å². The van der Waals surface area contributed by atoms with Crippen LogP contribution in [0.4, 0.5) is 0 Å². The van der Waals surface area contributed by atoms with Crippen LogP contribution in [-0.4, -0.2) is 19.9 Å². The van der Waals surface area contributed by atoms with Crippen molar-refractivity contribution in [3.8, 4) is 0 Å². The van der Waals surface area contributed by atoms with E-state index in [-0.39, 0.29) is 0 Å². The second-order valence-electron chi connectivity index (χ2n) is 3.72. The maximum Gasteiger partial charge on any atom is 0.181 e. The number of H-pyrrole nitrogens is 1. The Hall–Kier alpha value is -1.88. The number of imidazole rings is 1. The molecule has 3 rings (SSSR count). The van der Waals surface area contributed by atoms with Crippen molar-refractivity contribution in [1.29, 1.82) is 0 Å². The molecule has 1 aromatic carbocycles. The number of aromatic nitrogens is 4. The predicted octanol–water partition coefficient (Wildman–Crippen LogP) is 2.81. The number of nitrogens with one attached hydrogen (secondary N) is 1. The van der Waals surface area contributed by atoms with Gasteiger partial charge in [-0.1, -0.05) is 29.5 Å². The quantitative estimate of drug-likeness (QED) is 0.750. The van der Waals surface area contributed by atoms with Gasteiger partial charge in [-0.05, 0) is 19.1 Å². The van der Waals surface area contributed by atoms with Crippen LogP contribution in [0.3, 0.4) is 0 Å². The van der Waals surface area contributed by atoms with Crippen LogP contribution in [0.2, 0.25) is 0 Å². The van der Waals surface area contributed by atoms with Crippen LogP contribution < -0.4 is 0 Å². The van der Waals surface area contributed by atoms with Gasteiger partial charge in [0.1, 0.15) is 11.8 Å². The summed E-state index contributed by atoms with van der Waals surface area (Å²) in [6.07, 6.45) is 3.24. The zero-order valence-corrected chi connectivity index (χ0v) is 10.0. The minimum atomic E-state index is 0.704. The lowest BCUT2D eigenvalue weighted by atomic mass is 10.2. The number of benzene rings is 1. The molecule has 84 valence electrons. The summed E-state index contributed by atoms with van der Waals surface area (Å²) in [6.45, 7) is 2.08. The molecule has 0 bridgehead atoms. The SMILES string of the molecule is Cc1cccc(Sc2nc3ncncc3[nH]2)c1. The first-order chi connectivity index (χ1) is 8.31. The molecule has 0 saturated heterocycles. The number of hydrogen-bond donors (Lipinski definition) is 1. The Morgan fingerprint density at radius 1 is 1.29 bits per heavy atom. The molecule has 0 spiro atoms. The van der Waals surface area contributed by atoms with Crippen LogP contribution in [0.1, 0.15) is 5.56 Å². The molecular weight excluding hydrogens is 232 g/mol. The monoisotopic (exact) mass is 242 g/mol. The minimum Gasteiger partial charge on any atom is -0.330 e. The predicted molar refractivity (Wildman–Crippen MR) is 67.0 cm³/mol. The van der Waals surface area contributed by atoms with Crippen molar-refractivity contribution in [3.05, 3.63) is 42.4 Å². The van der Waals surface area contributed by atoms with Gasteiger partial charge in [0.25, 0.3) is 0 Å². The molecule has 0 radical (unpaired) electrons. The number of aryl methyl sites for hydroxylation is 1. The topological polar surface area (TPSA) is 54.5 Å². The highest BCUT2D eigenvalue weighted by atomic mass is 32.2. The summed E-state index contributed by atoms with van der Waals surface area (Å²) >= 11 is 1.59. The first-order valence-corrected chi connectivity index (χ1v) is 6.03. The van der Waals surface area contributed by atoms with Crippen molar-refractivity contribution in [3.63, 3.8) is 0 Å². The molecule has 0 fully saturated rings. The molecule has 4 nitrogen and oxygen atoms in total. The van der Waals surface area contributed by atoms with Crippen molar-refractivity contribution in [2.24, 2.45) is 0 Å². The lowest BCUT2D eigenvalue weighted by Gasteiger charge is -1.98. The van der Waals surface area contributed by atoms with Crippen molar-refractivity contribution < 1.29 is 0 Å². The molecule has 5 heteroatoms. The Labute approximate surface area is 103 Å². The molecule has 0 saturated carbocycles. The van der Waals surface area contributed by atoms with Gasteiger partial charge in [0.05, 0.1) is 6.20 Å². The van der Waals surface area contributed by atoms with Gasteiger partial charge >= 0.3 is 0 Å². The molecular formula is C12H10N4S. The minimum absolute atomic E-state index is 0.704. The van der Waals surface area contributed by atoms with Gasteiger partial charge in [-0.2, -0.15) is 0 Å². The zero-order chi connectivity index (χ0) is 11.7. The number of rotatable bonds is 2. The molecule has 3 aromatic rings. The van der Waals surface area contributed by atoms with Gasteiger partial charge < -0.3 is 4.98 Å². The van der Waals surface area contributed by atoms with E-state index in [1.165, 1.54) is 11.9 Å². The van der Waals surface area contributed by atoms with E-state index in [1.54, 1.807) is 18.0 Å². The van der Waals surface area contributed by atoms with Crippen LogP contribution in [0, 0.1) is 6.92 Å². The first-order valence-electron chi connectivity index (χ1n) is 5.21. The third kappa shape index (κ3) is 2.14. The molecule has 0 aliphatic heterocycles. The summed E-state index contributed by atoms with van der Waals surface area (Å²) in [5, 5.41) is 0.839. The van der Waals surface area contributed by atoms with Gasteiger partial charge in [-0.3, -0.25) is 0 Å². The summed E-state index contributed by atoms with van der Waals surface area (Å²) in [4.78, 5) is 16.8. The van der Waals surface area contributed by atoms with E-state index in [2.05, 4.69) is 45.1 Å². The van der Waals surface area contributed by atoms with Crippen molar-refractivity contribution in [2.45, 2.75) is 17.0 Å². The smallest absolute Gasteiger partial charge is 0.181 e. The summed E-state index contributed by atoms with van der Waals surface area (Å²) in [7, 11) is 0. The summed E-state index contributed by atoms with van der Waals surface area (Å²) in [5.41, 5.74) is 2.81. The molecule has 0 aliphatic carbocycles. The van der Waals surface area contributed by atoms with Crippen LogP contribution in [0.15, 0.2) is 46.8 Å². The van der Waals surface area contributed by atoms with E-state index in [0.29, 0.717) is 5.65 Å². The number of nitrogens with zero attached hydrogens (tertiary/aromatic N) is 3. The molecule has 1 N–H and O–H groups in total. The van der Waals surface area contributed by atoms with E-state index in [4.69, 9.17) is 0 Å². The van der Waals surface area contributed by atoms with Gasteiger partial charge in [0, 0.05) is 4.90 Å². The van der Waals surface area contributed by atoms with Crippen LogP contribution in [-0.2, 0) is 0 Å². The third-order valence-electron chi connectivity index (χ3n) is 2.34. The van der Waals surface area contributed by atoms with Crippen molar-refractivity contribution in [2.75, 3.05) is 0 Å². The van der Waals surface area contributed by atoms with E-state index in [9.17, 15) is 0 Å². The first kappa shape index (κ1) is 10.3. The fraction of sp³-hybridized carbons (Fsp3) is 0.0833. The second-order valence-corrected chi connectivity index (χ2v) is 4.78. The Bertz CT molecular complexity index is 629. The fourth-order valence-electron chi connectivity index (χ4n) is 1.58. The van der Waals surface area contributed by atoms with Crippen LogP contribution in [0.25, 0.3) is 11.2 Å². The zero-order valence-electron chi connectivity index (χ0n) is 9.21. The lowest BCUT2D eigenvalue weighted by molar-refractivity contribution is 1.07. The highest BCUT2D eigenvalue weighted by Gasteiger charge is 2.05. The average Bonchev–Trinajstić information content (AvgIpc) is 2.71. The molecule has 0 atom stereocenters. The highest BCUT2D eigenvalue weighted by Crippen LogP contribution is 2.26. The average molecular weight is 242 g/mol. The van der Waals surface area contributed by atoms with Crippen molar-refractivity contribution >= 4 is 22.9 Å². The van der Waals surface area contributed by atoms with Crippen LogP contribution >= 0.6 is 11.8 Å². The Morgan fingerprint density at radius 3 is 3.06 bits per heavy atom. The summed E-state index contributed by atoms with van der Waals surface area (Å²) in [5.74, 6) is 0. The molecule has 2 aromatic heterocycles. The fourth-order valence-corrected chi connectivity index (χ4v) is 2.49. The number of aromatic amines is 1. The standard InChI is InChI=1S/C12H10N4S/c1-8-3-2-4-9(5-8)17-12-15-10-6-13-7-14-11(10)16-12/h2-7H,1H3,(H,13,14,15,16). The normalized spacial score (nSPS) is 10.9. The Balaban J connectivity index is 1.94. The third-order valence-corrected chi connectivity index (χ3v) is 3.22. The maximum atomic E-state index is 4.39. The number of hydrogen-bond acceptors (Lipinski definition) is 4.